The molecule has 1 aromatic carbocycles. The summed E-state index contributed by atoms with van der Waals surface area (Å²) in [6, 6.07) is 6.44. The summed E-state index contributed by atoms with van der Waals surface area (Å²) >= 11 is 2.75. The Morgan fingerprint density at radius 2 is 1.90 bits per heavy atom. The molecule has 0 amide bonds. The zero-order valence-corrected chi connectivity index (χ0v) is 11.7. The summed E-state index contributed by atoms with van der Waals surface area (Å²) in [5, 5.41) is 7.96. The Morgan fingerprint density at radius 1 is 1.20 bits per heavy atom. The van der Waals surface area contributed by atoms with Crippen LogP contribution in [0, 0.1) is 0 Å². The van der Waals surface area contributed by atoms with E-state index < -0.39 is 12.8 Å². The summed E-state index contributed by atoms with van der Waals surface area (Å²) in [5.74, 6) is 0.824. The molecule has 0 unspecified atom stereocenters. The molecule has 2 rings (SSSR count). The van der Waals surface area contributed by atoms with E-state index in [-0.39, 0.29) is 5.75 Å². The second-order valence-corrected chi connectivity index (χ2v) is 5.97. The van der Waals surface area contributed by atoms with Gasteiger partial charge in [0, 0.05) is 5.75 Å². The molecular formula is C11H10F3N3OS2. The molecule has 0 aliphatic heterocycles. The summed E-state index contributed by atoms with van der Waals surface area (Å²) < 4.78 is 41.3. The van der Waals surface area contributed by atoms with Crippen molar-refractivity contribution in [2.75, 3.05) is 12.3 Å². The van der Waals surface area contributed by atoms with Crippen molar-refractivity contribution in [2.45, 2.75) is 16.3 Å². The SMILES string of the molecule is Nc1nnc(SCc2ccc(OCC(F)(F)F)cc2)s1. The molecule has 0 bridgehead atoms. The van der Waals surface area contributed by atoms with Gasteiger partial charge in [0.05, 0.1) is 0 Å². The van der Waals surface area contributed by atoms with Crippen LogP contribution in [0.25, 0.3) is 0 Å². The summed E-state index contributed by atoms with van der Waals surface area (Å²) in [6.45, 7) is -1.29. The van der Waals surface area contributed by atoms with Crippen LogP contribution in [0.4, 0.5) is 18.3 Å². The number of aromatic nitrogens is 2. The number of anilines is 1. The molecule has 4 nitrogen and oxygen atoms in total. The predicted octanol–water partition coefficient (Wildman–Crippen LogP) is 3.35. The van der Waals surface area contributed by atoms with E-state index in [0.717, 1.165) is 9.90 Å². The Morgan fingerprint density at radius 3 is 2.45 bits per heavy atom. The third kappa shape index (κ3) is 4.89. The van der Waals surface area contributed by atoms with Gasteiger partial charge >= 0.3 is 6.18 Å². The van der Waals surface area contributed by atoms with E-state index in [1.54, 1.807) is 12.1 Å². The van der Waals surface area contributed by atoms with Gasteiger partial charge in [0.2, 0.25) is 5.13 Å². The van der Waals surface area contributed by atoms with Crippen LogP contribution >= 0.6 is 23.1 Å². The minimum absolute atomic E-state index is 0.191. The Balaban J connectivity index is 1.85. The number of alkyl halides is 3. The third-order valence-corrected chi connectivity index (χ3v) is 4.07. The lowest BCUT2D eigenvalue weighted by molar-refractivity contribution is -0.153. The first kappa shape index (κ1) is 14.9. The van der Waals surface area contributed by atoms with Gasteiger partial charge < -0.3 is 10.5 Å². The molecule has 0 saturated heterocycles. The maximum Gasteiger partial charge on any atom is 0.422 e. The molecule has 20 heavy (non-hydrogen) atoms. The van der Waals surface area contributed by atoms with Gasteiger partial charge in [-0.1, -0.05) is 35.2 Å². The van der Waals surface area contributed by atoms with Crippen molar-refractivity contribution in [3.63, 3.8) is 0 Å². The molecule has 2 aromatic rings. The van der Waals surface area contributed by atoms with Crippen LogP contribution in [0.15, 0.2) is 28.6 Å². The van der Waals surface area contributed by atoms with Crippen molar-refractivity contribution < 1.29 is 17.9 Å². The van der Waals surface area contributed by atoms with Crippen LogP contribution in [0.2, 0.25) is 0 Å². The smallest absolute Gasteiger partial charge is 0.422 e. The standard InChI is InChI=1S/C11H10F3N3OS2/c12-11(13,14)6-18-8-3-1-7(2-4-8)5-19-10-17-16-9(15)20-10/h1-4H,5-6H2,(H2,15,16). The number of hydrogen-bond donors (Lipinski definition) is 1. The molecule has 0 radical (unpaired) electrons. The average molecular weight is 321 g/mol. The highest BCUT2D eigenvalue weighted by Gasteiger charge is 2.28. The maximum absolute atomic E-state index is 12.0. The lowest BCUT2D eigenvalue weighted by Gasteiger charge is -2.09. The quantitative estimate of drug-likeness (QED) is 0.856. The topological polar surface area (TPSA) is 61.0 Å². The molecule has 0 aliphatic carbocycles. The minimum Gasteiger partial charge on any atom is -0.484 e. The van der Waals surface area contributed by atoms with E-state index in [2.05, 4.69) is 14.9 Å². The van der Waals surface area contributed by atoms with Gasteiger partial charge in [-0.2, -0.15) is 13.2 Å². The number of benzene rings is 1. The van der Waals surface area contributed by atoms with E-state index in [1.165, 1.54) is 35.2 Å². The van der Waals surface area contributed by atoms with Crippen LogP contribution in [0.5, 0.6) is 5.75 Å². The van der Waals surface area contributed by atoms with Crippen LogP contribution in [0.3, 0.4) is 0 Å². The van der Waals surface area contributed by atoms with Gasteiger partial charge in [-0.25, -0.2) is 0 Å². The van der Waals surface area contributed by atoms with Crippen LogP contribution < -0.4 is 10.5 Å². The van der Waals surface area contributed by atoms with E-state index in [9.17, 15) is 13.2 Å². The number of nitrogens with two attached hydrogens (primary N) is 1. The molecule has 0 saturated carbocycles. The third-order valence-electron chi connectivity index (χ3n) is 2.11. The highest BCUT2D eigenvalue weighted by Crippen LogP contribution is 2.27. The number of nitrogen functional groups attached to an aromatic ring is 1. The van der Waals surface area contributed by atoms with Gasteiger partial charge in [0.15, 0.2) is 10.9 Å². The number of thioether (sulfide) groups is 1. The second-order valence-electron chi connectivity index (χ2n) is 3.74. The molecule has 1 aromatic heterocycles. The first-order valence-corrected chi connectivity index (χ1v) is 7.23. The number of hydrogen-bond acceptors (Lipinski definition) is 6. The van der Waals surface area contributed by atoms with Crippen molar-refractivity contribution in [2.24, 2.45) is 0 Å². The number of rotatable bonds is 5. The molecular weight excluding hydrogens is 311 g/mol. The zero-order valence-electron chi connectivity index (χ0n) is 10.1. The van der Waals surface area contributed by atoms with E-state index in [4.69, 9.17) is 5.73 Å². The number of ether oxygens (including phenoxy) is 1. The molecule has 0 aliphatic rings. The Bertz CT molecular complexity index is 557. The molecule has 0 spiro atoms. The van der Waals surface area contributed by atoms with E-state index in [0.29, 0.717) is 10.9 Å². The van der Waals surface area contributed by atoms with Crippen molar-refractivity contribution in [1.29, 1.82) is 0 Å². The summed E-state index contributed by atoms with van der Waals surface area (Å²) in [5.41, 5.74) is 6.41. The molecule has 108 valence electrons. The Labute approximate surface area is 121 Å². The Kier molecular flexibility index (Phi) is 4.71. The molecule has 2 N–H and O–H groups in total. The van der Waals surface area contributed by atoms with E-state index >= 15 is 0 Å². The maximum atomic E-state index is 12.0. The van der Waals surface area contributed by atoms with E-state index in [1.807, 2.05) is 0 Å². The second kappa shape index (κ2) is 6.31. The molecule has 0 fully saturated rings. The van der Waals surface area contributed by atoms with Crippen molar-refractivity contribution in [3.05, 3.63) is 29.8 Å². The number of halogens is 3. The largest absolute Gasteiger partial charge is 0.484 e. The predicted molar refractivity (Wildman–Crippen MR) is 71.9 cm³/mol. The summed E-state index contributed by atoms with van der Waals surface area (Å²) in [4.78, 5) is 0. The van der Waals surface area contributed by atoms with Crippen molar-refractivity contribution in [3.8, 4) is 5.75 Å². The van der Waals surface area contributed by atoms with Gasteiger partial charge in [0.1, 0.15) is 5.75 Å². The van der Waals surface area contributed by atoms with Gasteiger partial charge in [-0.15, -0.1) is 10.2 Å². The lowest BCUT2D eigenvalue weighted by Crippen LogP contribution is -2.19. The van der Waals surface area contributed by atoms with Crippen molar-refractivity contribution in [1.82, 2.24) is 10.2 Å². The van der Waals surface area contributed by atoms with Gasteiger partial charge in [-0.3, -0.25) is 0 Å². The Hall–Kier alpha value is -1.48. The highest BCUT2D eigenvalue weighted by atomic mass is 32.2. The van der Waals surface area contributed by atoms with Crippen LogP contribution in [-0.4, -0.2) is 23.0 Å². The minimum atomic E-state index is -4.33. The fourth-order valence-electron chi connectivity index (χ4n) is 1.27. The highest BCUT2D eigenvalue weighted by molar-refractivity contribution is 8.00. The number of nitrogens with zero attached hydrogens (tertiary/aromatic N) is 2. The lowest BCUT2D eigenvalue weighted by atomic mass is 10.2. The molecule has 1 heterocycles. The summed E-state index contributed by atoms with van der Waals surface area (Å²) in [7, 11) is 0. The fourth-order valence-corrected chi connectivity index (χ4v) is 2.86. The first-order chi connectivity index (χ1) is 9.42. The average Bonchev–Trinajstić information content (AvgIpc) is 2.80. The molecule has 9 heteroatoms. The van der Waals surface area contributed by atoms with Crippen LogP contribution in [0.1, 0.15) is 5.56 Å². The van der Waals surface area contributed by atoms with Gasteiger partial charge in [0.25, 0.3) is 0 Å². The summed E-state index contributed by atoms with van der Waals surface area (Å²) in [6.07, 6.45) is -4.33. The van der Waals surface area contributed by atoms with Crippen molar-refractivity contribution >= 4 is 28.2 Å². The zero-order chi connectivity index (χ0) is 14.6. The van der Waals surface area contributed by atoms with Gasteiger partial charge in [-0.05, 0) is 17.7 Å². The van der Waals surface area contributed by atoms with Crippen LogP contribution in [-0.2, 0) is 5.75 Å². The molecule has 0 atom stereocenters. The normalized spacial score (nSPS) is 11.6. The fraction of sp³-hybridized carbons (Fsp3) is 0.273. The monoisotopic (exact) mass is 321 g/mol. The first-order valence-electron chi connectivity index (χ1n) is 5.43.